The van der Waals surface area contributed by atoms with E-state index in [2.05, 4.69) is 4.72 Å². The van der Waals surface area contributed by atoms with E-state index in [1.165, 1.54) is 21.9 Å². The van der Waals surface area contributed by atoms with Crippen LogP contribution >= 0.6 is 0 Å². The van der Waals surface area contributed by atoms with Crippen LogP contribution in [-0.2, 0) is 26.0 Å². The molecule has 4 rings (SSSR count). The van der Waals surface area contributed by atoms with Gasteiger partial charge in [0, 0.05) is 31.4 Å². The predicted octanol–water partition coefficient (Wildman–Crippen LogP) is 4.65. The van der Waals surface area contributed by atoms with Gasteiger partial charge in [-0.05, 0) is 73.0 Å². The van der Waals surface area contributed by atoms with Gasteiger partial charge < -0.3 is 9.80 Å². The molecule has 8 nitrogen and oxygen atoms in total. The quantitative estimate of drug-likeness (QED) is 0.279. The van der Waals surface area contributed by atoms with Crippen molar-refractivity contribution in [1.29, 1.82) is 0 Å². The average Bonchev–Trinajstić information content (AvgIpc) is 2.99. The zero-order valence-electron chi connectivity index (χ0n) is 23.3. The summed E-state index contributed by atoms with van der Waals surface area (Å²) < 4.78 is 28.5. The van der Waals surface area contributed by atoms with Crippen LogP contribution in [0.2, 0.25) is 0 Å². The summed E-state index contributed by atoms with van der Waals surface area (Å²) in [5.74, 6) is -2.79. The van der Waals surface area contributed by atoms with Gasteiger partial charge in [-0.2, -0.15) is 0 Å². The van der Waals surface area contributed by atoms with Gasteiger partial charge in [0.25, 0.3) is 15.9 Å². The molecule has 1 N–H and O–H groups in total. The van der Waals surface area contributed by atoms with Crippen LogP contribution in [0.5, 0.6) is 0 Å². The molecule has 0 aromatic heterocycles. The molecule has 0 bridgehead atoms. The van der Waals surface area contributed by atoms with Gasteiger partial charge >= 0.3 is 0 Å². The number of benzene rings is 4. The average molecular weight is 572 g/mol. The SMILES string of the molecule is CCN(CC)C(=O)C(Cc1ccc(N(C)C(=O)c2ccccc2)cc1)C(=O)NS(=O)(=O)c1ccc2ccccc2c1. The number of sulfonamides is 1. The molecule has 4 aromatic rings. The maximum atomic E-state index is 13.4. The van der Waals surface area contributed by atoms with Crippen molar-refractivity contribution in [3.63, 3.8) is 0 Å². The summed E-state index contributed by atoms with van der Waals surface area (Å²) in [5.41, 5.74) is 1.84. The lowest BCUT2D eigenvalue weighted by Crippen LogP contribution is -2.46. The van der Waals surface area contributed by atoms with Gasteiger partial charge in [0.15, 0.2) is 0 Å². The van der Waals surface area contributed by atoms with Crippen LogP contribution in [0.1, 0.15) is 29.8 Å². The summed E-state index contributed by atoms with van der Waals surface area (Å²) in [6.45, 7) is 4.36. The third-order valence-corrected chi connectivity index (χ3v) is 8.39. The Bertz CT molecular complexity index is 1650. The van der Waals surface area contributed by atoms with Gasteiger partial charge in [0.1, 0.15) is 5.92 Å². The highest BCUT2D eigenvalue weighted by Crippen LogP contribution is 2.22. The molecule has 41 heavy (non-hydrogen) atoms. The molecule has 3 amide bonds. The fourth-order valence-corrected chi connectivity index (χ4v) is 5.68. The molecule has 0 radical (unpaired) electrons. The number of hydrogen-bond acceptors (Lipinski definition) is 5. The van der Waals surface area contributed by atoms with Crippen LogP contribution in [0, 0.1) is 5.92 Å². The number of nitrogens with one attached hydrogen (secondary N) is 1. The van der Waals surface area contributed by atoms with Gasteiger partial charge in [-0.25, -0.2) is 13.1 Å². The first kappa shape index (κ1) is 29.5. The maximum absolute atomic E-state index is 13.4. The van der Waals surface area contributed by atoms with Gasteiger partial charge in [-0.3, -0.25) is 14.4 Å². The molecule has 0 heterocycles. The third kappa shape index (κ3) is 6.81. The van der Waals surface area contributed by atoms with Crippen molar-refractivity contribution in [3.8, 4) is 0 Å². The van der Waals surface area contributed by atoms with Crippen LogP contribution in [0.4, 0.5) is 5.69 Å². The number of amides is 3. The van der Waals surface area contributed by atoms with Gasteiger partial charge in [0.05, 0.1) is 4.90 Å². The van der Waals surface area contributed by atoms with Crippen LogP contribution in [0.15, 0.2) is 102 Å². The number of nitrogens with zero attached hydrogens (tertiary/aromatic N) is 2. The Labute approximate surface area is 240 Å². The topological polar surface area (TPSA) is 104 Å². The molecule has 0 fully saturated rings. The smallest absolute Gasteiger partial charge is 0.264 e. The number of anilines is 1. The van der Waals surface area contributed by atoms with Crippen molar-refractivity contribution in [2.75, 3.05) is 25.0 Å². The Kier molecular flexibility index (Phi) is 9.19. The van der Waals surface area contributed by atoms with Crippen molar-refractivity contribution in [2.45, 2.75) is 25.2 Å². The summed E-state index contributed by atoms with van der Waals surface area (Å²) in [6, 6.07) is 27.8. The third-order valence-electron chi connectivity index (χ3n) is 7.04. The molecule has 0 spiro atoms. The molecule has 212 valence electrons. The number of carbonyl (C=O) groups is 3. The van der Waals surface area contributed by atoms with E-state index in [0.717, 1.165) is 10.8 Å². The van der Waals surface area contributed by atoms with E-state index in [-0.39, 0.29) is 17.2 Å². The predicted molar refractivity (Wildman–Crippen MR) is 160 cm³/mol. The molecule has 1 unspecified atom stereocenters. The number of rotatable bonds is 10. The fourth-order valence-electron chi connectivity index (χ4n) is 4.63. The molecule has 1 atom stereocenters. The van der Waals surface area contributed by atoms with Crippen LogP contribution in [0.3, 0.4) is 0 Å². The standard InChI is InChI=1S/C32H33N3O5S/c1-4-35(5-2)32(38)29(30(36)33-41(39,40)28-20-17-24-11-9-10-14-26(24)22-28)21-23-15-18-27(19-16-23)34(3)31(37)25-12-7-6-8-13-25/h6-20,22,29H,4-5,21H2,1-3H3,(H,33,36). The zero-order valence-corrected chi connectivity index (χ0v) is 24.1. The van der Waals surface area contributed by atoms with Crippen LogP contribution < -0.4 is 9.62 Å². The Morgan fingerprint density at radius 2 is 1.39 bits per heavy atom. The maximum Gasteiger partial charge on any atom is 0.264 e. The van der Waals surface area contributed by atoms with E-state index < -0.39 is 27.8 Å². The highest BCUT2D eigenvalue weighted by molar-refractivity contribution is 7.90. The molecule has 0 aliphatic rings. The minimum atomic E-state index is -4.23. The molecule has 0 saturated heterocycles. The van der Waals surface area contributed by atoms with Crippen LogP contribution in [-0.4, -0.2) is 51.2 Å². The molecule has 0 aliphatic carbocycles. The molecule has 0 saturated carbocycles. The monoisotopic (exact) mass is 571 g/mol. The van der Waals surface area contributed by atoms with Crippen LogP contribution in [0.25, 0.3) is 10.8 Å². The highest BCUT2D eigenvalue weighted by Gasteiger charge is 2.33. The van der Waals surface area contributed by atoms with Crippen molar-refractivity contribution in [1.82, 2.24) is 9.62 Å². The van der Waals surface area contributed by atoms with E-state index in [9.17, 15) is 22.8 Å². The van der Waals surface area contributed by atoms with Gasteiger partial charge in [0.2, 0.25) is 11.8 Å². The summed E-state index contributed by atoms with van der Waals surface area (Å²) in [7, 11) is -2.56. The minimum absolute atomic E-state index is 0.00890. The lowest BCUT2D eigenvalue weighted by Gasteiger charge is -2.25. The number of fused-ring (bicyclic) bond motifs is 1. The first-order chi connectivity index (χ1) is 19.6. The Morgan fingerprint density at radius 1 is 0.780 bits per heavy atom. The second-order valence-electron chi connectivity index (χ2n) is 9.64. The lowest BCUT2D eigenvalue weighted by molar-refractivity contribution is -0.141. The second kappa shape index (κ2) is 12.8. The van der Waals surface area contributed by atoms with Crippen molar-refractivity contribution in [3.05, 3.63) is 108 Å². The van der Waals surface area contributed by atoms with Crippen molar-refractivity contribution in [2.24, 2.45) is 5.92 Å². The summed E-state index contributed by atoms with van der Waals surface area (Å²) in [4.78, 5) is 42.6. The number of carbonyl (C=O) groups excluding carboxylic acids is 3. The van der Waals surface area contributed by atoms with E-state index in [1.807, 2.05) is 18.2 Å². The Morgan fingerprint density at radius 3 is 2.02 bits per heavy atom. The Balaban J connectivity index is 1.56. The summed E-state index contributed by atoms with van der Waals surface area (Å²) >= 11 is 0. The van der Waals surface area contributed by atoms with Crippen molar-refractivity contribution < 1.29 is 22.8 Å². The second-order valence-corrected chi connectivity index (χ2v) is 11.3. The molecular weight excluding hydrogens is 538 g/mol. The molecule has 4 aromatic carbocycles. The largest absolute Gasteiger partial charge is 0.343 e. The molecule has 0 aliphatic heterocycles. The molecule has 9 heteroatoms. The van der Waals surface area contributed by atoms with E-state index in [4.69, 9.17) is 0 Å². The first-order valence-corrected chi connectivity index (χ1v) is 14.9. The normalized spacial score (nSPS) is 12.0. The fraction of sp³-hybridized carbons (Fsp3) is 0.219. The minimum Gasteiger partial charge on any atom is -0.343 e. The lowest BCUT2D eigenvalue weighted by atomic mass is 9.96. The van der Waals surface area contributed by atoms with E-state index in [1.54, 1.807) is 87.6 Å². The van der Waals surface area contributed by atoms with E-state index >= 15 is 0 Å². The first-order valence-electron chi connectivity index (χ1n) is 13.4. The van der Waals surface area contributed by atoms with Gasteiger partial charge in [-0.1, -0.05) is 60.7 Å². The Hall–Kier alpha value is -4.50. The molecular formula is C32H33N3O5S. The number of hydrogen-bond donors (Lipinski definition) is 1. The van der Waals surface area contributed by atoms with Crippen molar-refractivity contribution >= 4 is 44.2 Å². The van der Waals surface area contributed by atoms with Gasteiger partial charge in [-0.15, -0.1) is 0 Å². The summed E-state index contributed by atoms with van der Waals surface area (Å²) in [6.07, 6.45) is -0.00890. The highest BCUT2D eigenvalue weighted by atomic mass is 32.2. The van der Waals surface area contributed by atoms with E-state index in [0.29, 0.717) is 29.9 Å². The zero-order chi connectivity index (χ0) is 29.6. The summed E-state index contributed by atoms with van der Waals surface area (Å²) in [5, 5.41) is 1.58.